The predicted molar refractivity (Wildman–Crippen MR) is 90.1 cm³/mol. The van der Waals surface area contributed by atoms with Crippen molar-refractivity contribution < 1.29 is 41.5 Å². The van der Waals surface area contributed by atoms with Crippen molar-refractivity contribution in [3.05, 3.63) is 35.4 Å². The third kappa shape index (κ3) is 5.87. The first-order valence-electron chi connectivity index (χ1n) is 9.47. The first kappa shape index (κ1) is 20.5. The van der Waals surface area contributed by atoms with Gasteiger partial charge in [0.2, 0.25) is 0 Å². The van der Waals surface area contributed by atoms with E-state index in [0.717, 1.165) is 42.1 Å². The third-order valence-corrected chi connectivity index (χ3v) is 6.32. The van der Waals surface area contributed by atoms with Gasteiger partial charge in [0, 0.05) is 44.3 Å². The molecule has 0 aliphatic heterocycles. The molecule has 0 bridgehead atoms. The Hall–Kier alpha value is 0.184. The molecule has 1 aromatic carbocycles. The average molecular weight is 408 g/mol. The van der Waals surface area contributed by atoms with E-state index in [2.05, 4.69) is 13.0 Å². The summed E-state index contributed by atoms with van der Waals surface area (Å²) in [5, 5.41) is 0. The summed E-state index contributed by atoms with van der Waals surface area (Å²) >= 11 is 0. The van der Waals surface area contributed by atoms with Gasteiger partial charge in [0.05, 0.1) is 0 Å². The first-order valence-corrected chi connectivity index (χ1v) is 9.47. The number of hydrogen-bond acceptors (Lipinski definition) is 0. The van der Waals surface area contributed by atoms with Crippen LogP contribution in [-0.2, 0) is 39.1 Å². The normalized spacial score (nSPS) is 30.6. The van der Waals surface area contributed by atoms with E-state index in [4.69, 9.17) is 0 Å². The van der Waals surface area contributed by atoms with Gasteiger partial charge in [-0.1, -0.05) is 39.0 Å². The van der Waals surface area contributed by atoms with Crippen LogP contribution in [0.15, 0.2) is 12.1 Å². The van der Waals surface area contributed by atoms with Gasteiger partial charge < -0.3 is 0 Å². The summed E-state index contributed by atoms with van der Waals surface area (Å²) in [7, 11) is 0. The fraction of sp³-hybridized carbons (Fsp3) is 0.714. The molecule has 0 N–H and O–H groups in total. The molecule has 131 valence electrons. The molecule has 0 nitrogen and oxygen atoms in total. The van der Waals surface area contributed by atoms with Crippen molar-refractivity contribution in [2.24, 2.45) is 23.7 Å². The van der Waals surface area contributed by atoms with Crippen LogP contribution in [0.5, 0.6) is 0 Å². The van der Waals surface area contributed by atoms with E-state index >= 15 is 0 Å². The van der Waals surface area contributed by atoms with E-state index < -0.39 is 11.6 Å². The molecule has 1 aromatic rings. The standard InChI is InChI=1S/C21H29F2.Y/c1-15-2-8-18(9-3-15)19-10-6-16(7-11-19)4-5-17-12-20(22)14-21(23)13-17;/h12-13,15-16,18-19H,2-11H2,1H3;/q-1;. The largest absolute Gasteiger partial charge is 0.236 e. The van der Waals surface area contributed by atoms with Crippen LogP contribution in [0.25, 0.3) is 0 Å². The second kappa shape index (κ2) is 9.76. The van der Waals surface area contributed by atoms with Crippen molar-refractivity contribution in [3.63, 3.8) is 0 Å². The maximum Gasteiger partial charge on any atom is 0.0139 e. The summed E-state index contributed by atoms with van der Waals surface area (Å²) in [5.41, 5.74) is 0.780. The molecular weight excluding hydrogens is 379 g/mol. The Bertz CT molecular complexity index is 480. The smallest absolute Gasteiger partial charge is 0.0139 e. The molecular formula is C21H29F2Y-. The van der Waals surface area contributed by atoms with Gasteiger partial charge in [0.15, 0.2) is 0 Å². The Morgan fingerprint density at radius 3 is 1.92 bits per heavy atom. The van der Waals surface area contributed by atoms with E-state index in [1.807, 2.05) is 0 Å². The summed E-state index contributed by atoms with van der Waals surface area (Å²) in [5.74, 6) is 2.45. The third-order valence-electron chi connectivity index (χ3n) is 6.32. The van der Waals surface area contributed by atoms with Crippen LogP contribution in [0.4, 0.5) is 8.78 Å². The molecule has 0 atom stereocenters. The van der Waals surface area contributed by atoms with Crippen molar-refractivity contribution in [1.82, 2.24) is 0 Å². The van der Waals surface area contributed by atoms with E-state index in [0.29, 0.717) is 0 Å². The molecule has 1 radical (unpaired) electrons. The second-order valence-electron chi connectivity index (χ2n) is 8.02. The van der Waals surface area contributed by atoms with E-state index in [1.165, 1.54) is 63.5 Å². The minimum absolute atomic E-state index is 0. The van der Waals surface area contributed by atoms with Gasteiger partial charge >= 0.3 is 0 Å². The molecule has 24 heavy (non-hydrogen) atoms. The SMILES string of the molecule is CC1CCC(C2CCC(CCc3cc(F)[c-]c(F)c3)CC2)CC1.[Y]. The van der Waals surface area contributed by atoms with Crippen LogP contribution in [0.2, 0.25) is 0 Å². The number of hydrogen-bond donors (Lipinski definition) is 0. The van der Waals surface area contributed by atoms with Crippen molar-refractivity contribution in [2.45, 2.75) is 71.1 Å². The maximum absolute atomic E-state index is 13.2. The van der Waals surface area contributed by atoms with Crippen molar-refractivity contribution in [2.75, 3.05) is 0 Å². The Balaban J connectivity index is 0.00000208. The molecule has 0 heterocycles. The average Bonchev–Trinajstić information content (AvgIpc) is 2.53. The number of rotatable bonds is 4. The summed E-state index contributed by atoms with van der Waals surface area (Å²) in [6.07, 6.45) is 12.9. The second-order valence-corrected chi connectivity index (χ2v) is 8.02. The first-order chi connectivity index (χ1) is 11.1. The van der Waals surface area contributed by atoms with Gasteiger partial charge in [0.25, 0.3) is 0 Å². The number of aryl methyl sites for hydroxylation is 1. The molecule has 3 heteroatoms. The fourth-order valence-corrected chi connectivity index (χ4v) is 4.77. The molecule has 3 rings (SSSR count). The molecule has 2 fully saturated rings. The molecule has 0 unspecified atom stereocenters. The molecule has 2 aliphatic carbocycles. The zero-order chi connectivity index (χ0) is 16.2. The van der Waals surface area contributed by atoms with Gasteiger partial charge in [0.1, 0.15) is 0 Å². The molecule has 0 aromatic heterocycles. The minimum Gasteiger partial charge on any atom is -0.236 e. The number of benzene rings is 1. The zero-order valence-corrected chi connectivity index (χ0v) is 17.7. The topological polar surface area (TPSA) is 0 Å². The monoisotopic (exact) mass is 408 g/mol. The Morgan fingerprint density at radius 1 is 0.875 bits per heavy atom. The zero-order valence-electron chi connectivity index (χ0n) is 14.9. The van der Waals surface area contributed by atoms with E-state index in [9.17, 15) is 8.78 Å². The van der Waals surface area contributed by atoms with Crippen molar-refractivity contribution in [3.8, 4) is 0 Å². The number of halogens is 2. The quantitative estimate of drug-likeness (QED) is 0.511. The van der Waals surface area contributed by atoms with E-state index in [-0.39, 0.29) is 32.7 Å². The van der Waals surface area contributed by atoms with E-state index in [1.54, 1.807) is 0 Å². The molecule has 0 saturated heterocycles. The Kier molecular flexibility index (Phi) is 8.34. The summed E-state index contributed by atoms with van der Waals surface area (Å²) in [6.45, 7) is 2.39. The molecule has 0 spiro atoms. The summed E-state index contributed by atoms with van der Waals surface area (Å²) < 4.78 is 26.4. The maximum atomic E-state index is 13.2. The van der Waals surface area contributed by atoms with Gasteiger partial charge in [-0.25, -0.2) is 8.78 Å². The van der Waals surface area contributed by atoms with Gasteiger partial charge in [-0.2, -0.15) is 5.56 Å². The van der Waals surface area contributed by atoms with Crippen molar-refractivity contribution in [1.29, 1.82) is 0 Å². The van der Waals surface area contributed by atoms with Crippen LogP contribution in [0, 0.1) is 41.4 Å². The minimum atomic E-state index is -0.574. The van der Waals surface area contributed by atoms with Crippen LogP contribution in [0.1, 0.15) is 70.3 Å². The summed E-state index contributed by atoms with van der Waals surface area (Å²) in [6, 6.07) is 4.92. The summed E-state index contributed by atoms with van der Waals surface area (Å²) in [4.78, 5) is 0. The van der Waals surface area contributed by atoms with Gasteiger partial charge in [-0.3, -0.25) is 0 Å². The Labute approximate surface area is 171 Å². The van der Waals surface area contributed by atoms with Gasteiger partial charge in [-0.15, -0.1) is 18.2 Å². The Morgan fingerprint density at radius 2 is 1.38 bits per heavy atom. The van der Waals surface area contributed by atoms with Crippen LogP contribution in [0.3, 0.4) is 0 Å². The van der Waals surface area contributed by atoms with Crippen LogP contribution in [-0.4, -0.2) is 0 Å². The van der Waals surface area contributed by atoms with Crippen LogP contribution < -0.4 is 0 Å². The molecule has 2 saturated carbocycles. The van der Waals surface area contributed by atoms with Crippen molar-refractivity contribution >= 4 is 0 Å². The van der Waals surface area contributed by atoms with Gasteiger partial charge in [-0.05, 0) is 55.8 Å². The molecule has 0 amide bonds. The molecule has 2 aliphatic rings. The van der Waals surface area contributed by atoms with Crippen LogP contribution >= 0.6 is 0 Å². The predicted octanol–water partition coefficient (Wildman–Crippen LogP) is 6.33. The fourth-order valence-electron chi connectivity index (χ4n) is 4.77.